The van der Waals surface area contributed by atoms with Crippen LogP contribution in [0.25, 0.3) is 17.0 Å². The average Bonchev–Trinajstić information content (AvgIpc) is 3.51. The van der Waals surface area contributed by atoms with E-state index in [1.165, 1.54) is 0 Å². The summed E-state index contributed by atoms with van der Waals surface area (Å²) < 4.78 is 24.4. The monoisotopic (exact) mass is 442 g/mol. The van der Waals surface area contributed by atoms with E-state index in [4.69, 9.17) is 20.3 Å². The average molecular weight is 443 g/mol. The largest absolute Gasteiger partial charge is 0.495 e. The Hall–Kier alpha value is -2.78. The molecule has 2 aliphatic rings. The van der Waals surface area contributed by atoms with Crippen LogP contribution < -0.4 is 15.8 Å². The first-order valence-corrected chi connectivity index (χ1v) is 11.1. The molecular weight excluding hydrogens is 411 g/mol. The van der Waals surface area contributed by atoms with Gasteiger partial charge in [0.1, 0.15) is 23.0 Å². The van der Waals surface area contributed by atoms with Crippen LogP contribution in [0.4, 0.5) is 10.2 Å². The third kappa shape index (κ3) is 4.83. The van der Waals surface area contributed by atoms with Crippen molar-refractivity contribution in [3.8, 4) is 17.1 Å². The van der Waals surface area contributed by atoms with Crippen LogP contribution in [-0.2, 0) is 4.74 Å². The Morgan fingerprint density at radius 3 is 2.62 bits per heavy atom. The number of nitrogens with one attached hydrogen (secondary N) is 1. The predicted molar refractivity (Wildman–Crippen MR) is 122 cm³/mol. The molecule has 0 aromatic carbocycles. The Morgan fingerprint density at radius 1 is 1.31 bits per heavy atom. The summed E-state index contributed by atoms with van der Waals surface area (Å²) in [5.74, 6) is 2.19. The number of ether oxygens (including phenoxy) is 2. The van der Waals surface area contributed by atoms with Crippen LogP contribution in [0.2, 0.25) is 0 Å². The van der Waals surface area contributed by atoms with E-state index < -0.39 is 6.17 Å². The van der Waals surface area contributed by atoms with E-state index in [-0.39, 0.29) is 0 Å². The number of imidazole rings is 1. The molecule has 0 amide bonds. The number of pyridine rings is 1. The second-order valence-electron chi connectivity index (χ2n) is 8.36. The van der Waals surface area contributed by atoms with Crippen LogP contribution in [0.5, 0.6) is 5.75 Å². The molecule has 2 fully saturated rings. The number of nitrogens with zero attached hydrogens (tertiary/aromatic N) is 4. The fourth-order valence-corrected chi connectivity index (χ4v) is 3.62. The molecule has 9 heteroatoms. The minimum Gasteiger partial charge on any atom is -0.495 e. The summed E-state index contributed by atoms with van der Waals surface area (Å²) in [6.45, 7) is 3.77. The minimum absolute atomic E-state index is 0.354. The van der Waals surface area contributed by atoms with Crippen molar-refractivity contribution in [2.24, 2.45) is 0 Å². The number of halogens is 1. The van der Waals surface area contributed by atoms with Crippen molar-refractivity contribution < 1.29 is 13.9 Å². The number of aromatic nitrogens is 4. The Morgan fingerprint density at radius 2 is 2.09 bits per heavy atom. The number of rotatable bonds is 7. The molecule has 1 saturated heterocycles. The van der Waals surface area contributed by atoms with Crippen molar-refractivity contribution in [3.63, 3.8) is 0 Å². The SMILES string of the molecule is CNCCC(C)F.COc1cc2ncc(-c3ccc(C4COC4)c(N)n3)n2nc1C1CC1. The van der Waals surface area contributed by atoms with Gasteiger partial charge in [-0.1, -0.05) is 6.07 Å². The second kappa shape index (κ2) is 9.79. The summed E-state index contributed by atoms with van der Waals surface area (Å²) in [5.41, 5.74) is 10.6. The maximum absolute atomic E-state index is 11.8. The molecule has 0 spiro atoms. The number of fused-ring (bicyclic) bond motifs is 1. The Bertz CT molecular complexity index is 1060. The number of nitrogens with two attached hydrogens (primary N) is 1. The first kappa shape index (κ1) is 22.4. The highest BCUT2D eigenvalue weighted by Gasteiger charge is 2.30. The van der Waals surface area contributed by atoms with Gasteiger partial charge in [-0.05, 0) is 45.8 Å². The van der Waals surface area contributed by atoms with E-state index >= 15 is 0 Å². The molecule has 5 rings (SSSR count). The zero-order valence-electron chi connectivity index (χ0n) is 18.8. The van der Waals surface area contributed by atoms with Gasteiger partial charge in [0.2, 0.25) is 0 Å². The van der Waals surface area contributed by atoms with Crippen LogP contribution >= 0.6 is 0 Å². The summed E-state index contributed by atoms with van der Waals surface area (Å²) in [4.78, 5) is 9.05. The number of alkyl halides is 1. The van der Waals surface area contributed by atoms with E-state index in [2.05, 4.69) is 15.3 Å². The molecule has 3 aromatic heterocycles. The summed E-state index contributed by atoms with van der Waals surface area (Å²) in [6, 6.07) is 5.96. The van der Waals surface area contributed by atoms with Gasteiger partial charge in [-0.3, -0.25) is 0 Å². The molecule has 0 bridgehead atoms. The first-order chi connectivity index (χ1) is 15.5. The Labute approximate surface area is 187 Å². The highest BCUT2D eigenvalue weighted by molar-refractivity contribution is 5.63. The molecule has 1 unspecified atom stereocenters. The highest BCUT2D eigenvalue weighted by Crippen LogP contribution is 2.43. The third-order valence-corrected chi connectivity index (χ3v) is 5.76. The predicted octanol–water partition coefficient (Wildman–Crippen LogP) is 3.33. The molecule has 1 saturated carbocycles. The zero-order valence-corrected chi connectivity index (χ0v) is 18.8. The molecule has 4 heterocycles. The van der Waals surface area contributed by atoms with Crippen LogP contribution in [0.1, 0.15) is 49.3 Å². The van der Waals surface area contributed by atoms with Crippen molar-refractivity contribution in [1.29, 1.82) is 0 Å². The van der Waals surface area contributed by atoms with E-state index in [1.807, 2.05) is 29.8 Å². The van der Waals surface area contributed by atoms with Crippen molar-refractivity contribution in [2.45, 2.75) is 44.2 Å². The van der Waals surface area contributed by atoms with Crippen molar-refractivity contribution in [1.82, 2.24) is 24.9 Å². The summed E-state index contributed by atoms with van der Waals surface area (Å²) in [5, 5.41) is 7.65. The van der Waals surface area contributed by atoms with Crippen molar-refractivity contribution in [3.05, 3.63) is 35.7 Å². The standard InChI is InChI=1S/C18H19N5O2.C5H12FN/c1-24-15-6-16-20-7-14(23(16)22-17(15)10-2-3-10)13-5-4-12(18(19)21-13)11-8-25-9-11;1-5(6)3-4-7-2/h4-7,10-11H,2-3,8-9H2,1H3,(H2,19,21);5,7H,3-4H2,1-2H3. The van der Waals surface area contributed by atoms with Gasteiger partial charge in [0.15, 0.2) is 5.65 Å². The van der Waals surface area contributed by atoms with Gasteiger partial charge in [-0.25, -0.2) is 18.9 Å². The molecular formula is C23H31FN6O2. The van der Waals surface area contributed by atoms with Crippen LogP contribution in [0, 0.1) is 0 Å². The van der Waals surface area contributed by atoms with Crippen LogP contribution in [0.15, 0.2) is 24.4 Å². The van der Waals surface area contributed by atoms with E-state index in [1.54, 1.807) is 20.2 Å². The van der Waals surface area contributed by atoms with E-state index in [0.717, 1.165) is 53.4 Å². The summed E-state index contributed by atoms with van der Waals surface area (Å²) >= 11 is 0. The van der Waals surface area contributed by atoms with Gasteiger partial charge in [-0.15, -0.1) is 0 Å². The fraction of sp³-hybridized carbons (Fsp3) is 0.522. The Balaban J connectivity index is 0.000000307. The molecule has 172 valence electrons. The smallest absolute Gasteiger partial charge is 0.157 e. The molecule has 3 aromatic rings. The molecule has 1 atom stereocenters. The van der Waals surface area contributed by atoms with Crippen molar-refractivity contribution >= 4 is 11.5 Å². The summed E-state index contributed by atoms with van der Waals surface area (Å²) in [7, 11) is 3.50. The molecule has 32 heavy (non-hydrogen) atoms. The second-order valence-corrected chi connectivity index (χ2v) is 8.36. The quantitative estimate of drug-likeness (QED) is 0.579. The van der Waals surface area contributed by atoms with Gasteiger partial charge >= 0.3 is 0 Å². The maximum Gasteiger partial charge on any atom is 0.157 e. The van der Waals surface area contributed by atoms with E-state index in [9.17, 15) is 4.39 Å². The van der Waals surface area contributed by atoms with Crippen LogP contribution in [-0.4, -0.2) is 59.7 Å². The highest BCUT2D eigenvalue weighted by atomic mass is 19.1. The van der Waals surface area contributed by atoms with E-state index in [0.29, 0.717) is 37.3 Å². The van der Waals surface area contributed by atoms with Crippen LogP contribution in [0.3, 0.4) is 0 Å². The molecule has 1 aliphatic carbocycles. The lowest BCUT2D eigenvalue weighted by molar-refractivity contribution is 0.00861. The topological polar surface area (TPSA) is 99.6 Å². The lowest BCUT2D eigenvalue weighted by atomic mass is 9.98. The lowest BCUT2D eigenvalue weighted by Crippen LogP contribution is -2.26. The van der Waals surface area contributed by atoms with Gasteiger partial charge in [0.25, 0.3) is 0 Å². The number of methoxy groups -OCH3 is 1. The zero-order chi connectivity index (χ0) is 22.7. The first-order valence-electron chi connectivity index (χ1n) is 11.1. The normalized spacial score (nSPS) is 16.9. The Kier molecular flexibility index (Phi) is 6.86. The molecule has 3 N–H and O–H groups in total. The number of hydrogen-bond acceptors (Lipinski definition) is 7. The number of hydrogen-bond donors (Lipinski definition) is 2. The molecule has 0 radical (unpaired) electrons. The van der Waals surface area contributed by atoms with Crippen molar-refractivity contribution in [2.75, 3.05) is 39.6 Å². The maximum atomic E-state index is 11.8. The van der Waals surface area contributed by atoms with Gasteiger partial charge < -0.3 is 20.5 Å². The fourth-order valence-electron chi connectivity index (χ4n) is 3.62. The molecule has 1 aliphatic heterocycles. The molecule has 8 nitrogen and oxygen atoms in total. The number of nitrogen functional groups attached to an aromatic ring is 1. The van der Waals surface area contributed by atoms with Gasteiger partial charge in [0, 0.05) is 23.5 Å². The van der Waals surface area contributed by atoms with Gasteiger partial charge in [-0.2, -0.15) is 5.10 Å². The lowest BCUT2D eigenvalue weighted by Gasteiger charge is -2.27. The summed E-state index contributed by atoms with van der Waals surface area (Å²) in [6.07, 6.45) is 4.06. The third-order valence-electron chi connectivity index (χ3n) is 5.76. The van der Waals surface area contributed by atoms with Gasteiger partial charge in [0.05, 0.1) is 38.4 Å². The minimum atomic E-state index is -0.660. The number of anilines is 1.